The van der Waals surface area contributed by atoms with Crippen LogP contribution in [0.4, 0.5) is 5.69 Å². The van der Waals surface area contributed by atoms with Crippen LogP contribution in [0.15, 0.2) is 18.2 Å². The van der Waals surface area contributed by atoms with Gasteiger partial charge in [0, 0.05) is 26.3 Å². The predicted molar refractivity (Wildman–Crippen MR) is 70.9 cm³/mol. The Bertz CT molecular complexity index is 405. The molecule has 2 N–H and O–H groups in total. The third kappa shape index (κ3) is 3.92. The normalized spacial score (nSPS) is 10.2. The van der Waals surface area contributed by atoms with Gasteiger partial charge in [-0.2, -0.15) is 0 Å². The molecule has 0 fully saturated rings. The third-order valence-corrected chi connectivity index (χ3v) is 2.36. The summed E-state index contributed by atoms with van der Waals surface area (Å²) < 4.78 is 10.7. The van der Waals surface area contributed by atoms with Crippen LogP contribution in [0.25, 0.3) is 0 Å². The summed E-state index contributed by atoms with van der Waals surface area (Å²) in [5, 5.41) is 0. The van der Waals surface area contributed by atoms with Crippen LogP contribution in [-0.4, -0.2) is 44.7 Å². The highest BCUT2D eigenvalue weighted by Crippen LogP contribution is 2.23. The van der Waals surface area contributed by atoms with Crippen molar-refractivity contribution in [2.75, 3.05) is 39.6 Å². The van der Waals surface area contributed by atoms with E-state index in [0.29, 0.717) is 36.8 Å². The Labute approximate surface area is 107 Å². The molecule has 100 valence electrons. The molecule has 0 unspecified atom stereocenters. The molecule has 0 bridgehead atoms. The van der Waals surface area contributed by atoms with E-state index in [1.807, 2.05) is 6.92 Å². The summed E-state index contributed by atoms with van der Waals surface area (Å²) in [6, 6.07) is 5.02. The second kappa shape index (κ2) is 6.86. The van der Waals surface area contributed by atoms with Crippen molar-refractivity contribution in [2.45, 2.75) is 6.92 Å². The van der Waals surface area contributed by atoms with Crippen molar-refractivity contribution in [1.82, 2.24) is 4.90 Å². The van der Waals surface area contributed by atoms with Crippen molar-refractivity contribution in [3.05, 3.63) is 23.8 Å². The molecule has 5 nitrogen and oxygen atoms in total. The van der Waals surface area contributed by atoms with Gasteiger partial charge in [-0.05, 0) is 25.1 Å². The van der Waals surface area contributed by atoms with Gasteiger partial charge in [0.25, 0.3) is 5.91 Å². The maximum atomic E-state index is 11.8. The zero-order valence-electron chi connectivity index (χ0n) is 11.1. The van der Waals surface area contributed by atoms with Gasteiger partial charge in [0.1, 0.15) is 12.4 Å². The first-order valence-corrected chi connectivity index (χ1v) is 5.88. The average molecular weight is 252 g/mol. The SMILES string of the molecule is CCOCCOc1cc(C(=O)N(C)C)ccc1N. The van der Waals surface area contributed by atoms with Gasteiger partial charge in [0.15, 0.2) is 0 Å². The second-order valence-electron chi connectivity index (χ2n) is 4.00. The molecule has 18 heavy (non-hydrogen) atoms. The highest BCUT2D eigenvalue weighted by atomic mass is 16.5. The molecule has 0 atom stereocenters. The molecule has 0 saturated heterocycles. The number of carbonyl (C=O) groups excluding carboxylic acids is 1. The summed E-state index contributed by atoms with van der Waals surface area (Å²) in [7, 11) is 3.41. The molecule has 0 aromatic heterocycles. The number of amides is 1. The van der Waals surface area contributed by atoms with Crippen LogP contribution in [0.3, 0.4) is 0 Å². The number of rotatable bonds is 6. The van der Waals surface area contributed by atoms with E-state index in [2.05, 4.69) is 0 Å². The van der Waals surface area contributed by atoms with Crippen LogP contribution in [0.5, 0.6) is 5.75 Å². The molecule has 1 rings (SSSR count). The van der Waals surface area contributed by atoms with Crippen LogP contribution in [0, 0.1) is 0 Å². The Morgan fingerprint density at radius 3 is 2.67 bits per heavy atom. The Kier molecular flexibility index (Phi) is 5.45. The largest absolute Gasteiger partial charge is 0.489 e. The Morgan fingerprint density at radius 2 is 2.06 bits per heavy atom. The number of hydrogen-bond donors (Lipinski definition) is 1. The molecular weight excluding hydrogens is 232 g/mol. The smallest absolute Gasteiger partial charge is 0.253 e. The Morgan fingerprint density at radius 1 is 1.33 bits per heavy atom. The van der Waals surface area contributed by atoms with Crippen LogP contribution < -0.4 is 10.5 Å². The molecule has 5 heteroatoms. The summed E-state index contributed by atoms with van der Waals surface area (Å²) in [5.41, 5.74) is 6.86. The first-order valence-electron chi connectivity index (χ1n) is 5.88. The van der Waals surface area contributed by atoms with Crippen LogP contribution in [0.2, 0.25) is 0 Å². The van der Waals surface area contributed by atoms with Gasteiger partial charge in [0.05, 0.1) is 12.3 Å². The predicted octanol–water partition coefficient (Wildman–Crippen LogP) is 1.39. The van der Waals surface area contributed by atoms with Gasteiger partial charge in [-0.25, -0.2) is 0 Å². The zero-order valence-corrected chi connectivity index (χ0v) is 11.1. The first kappa shape index (κ1) is 14.3. The lowest BCUT2D eigenvalue weighted by Crippen LogP contribution is -2.21. The van der Waals surface area contributed by atoms with E-state index in [-0.39, 0.29) is 5.91 Å². The zero-order chi connectivity index (χ0) is 13.5. The number of anilines is 1. The van der Waals surface area contributed by atoms with Crippen molar-refractivity contribution in [3.63, 3.8) is 0 Å². The Hall–Kier alpha value is -1.75. The van der Waals surface area contributed by atoms with Crippen LogP contribution in [-0.2, 0) is 4.74 Å². The number of nitrogens with zero attached hydrogens (tertiary/aromatic N) is 1. The van der Waals surface area contributed by atoms with E-state index in [9.17, 15) is 4.79 Å². The van der Waals surface area contributed by atoms with Crippen molar-refractivity contribution >= 4 is 11.6 Å². The number of carbonyl (C=O) groups is 1. The van der Waals surface area contributed by atoms with Crippen LogP contribution in [0.1, 0.15) is 17.3 Å². The molecule has 0 aliphatic rings. The van der Waals surface area contributed by atoms with E-state index >= 15 is 0 Å². The maximum Gasteiger partial charge on any atom is 0.253 e. The highest BCUT2D eigenvalue weighted by Gasteiger charge is 2.10. The van der Waals surface area contributed by atoms with E-state index in [1.165, 1.54) is 4.90 Å². The maximum absolute atomic E-state index is 11.8. The molecule has 1 aromatic rings. The minimum absolute atomic E-state index is 0.0790. The van der Waals surface area contributed by atoms with Gasteiger partial charge in [0.2, 0.25) is 0 Å². The number of ether oxygens (including phenoxy) is 2. The average Bonchev–Trinajstić information content (AvgIpc) is 2.35. The molecule has 1 aromatic carbocycles. The summed E-state index contributed by atoms with van der Waals surface area (Å²) in [5.74, 6) is 0.437. The molecule has 0 radical (unpaired) electrons. The van der Waals surface area contributed by atoms with Gasteiger partial charge in [-0.3, -0.25) is 4.79 Å². The standard InChI is InChI=1S/C13H20N2O3/c1-4-17-7-8-18-12-9-10(5-6-11(12)14)13(16)15(2)3/h5-6,9H,4,7-8,14H2,1-3H3. The molecule has 0 heterocycles. The quantitative estimate of drug-likeness (QED) is 0.613. The van der Waals surface area contributed by atoms with E-state index in [0.717, 1.165) is 0 Å². The summed E-state index contributed by atoms with van der Waals surface area (Å²) in [6.45, 7) is 3.49. The second-order valence-corrected chi connectivity index (χ2v) is 4.00. The fourth-order valence-electron chi connectivity index (χ4n) is 1.41. The lowest BCUT2D eigenvalue weighted by molar-refractivity contribution is 0.0826. The monoisotopic (exact) mass is 252 g/mol. The van der Waals surface area contributed by atoms with Crippen molar-refractivity contribution in [3.8, 4) is 5.75 Å². The molecule has 0 saturated carbocycles. The molecular formula is C13H20N2O3. The van der Waals surface area contributed by atoms with Gasteiger partial charge in [-0.15, -0.1) is 0 Å². The van der Waals surface area contributed by atoms with Crippen LogP contribution >= 0.6 is 0 Å². The fraction of sp³-hybridized carbons (Fsp3) is 0.462. The topological polar surface area (TPSA) is 64.8 Å². The Balaban J connectivity index is 2.72. The van der Waals surface area contributed by atoms with Crippen molar-refractivity contribution in [2.24, 2.45) is 0 Å². The number of hydrogen-bond acceptors (Lipinski definition) is 4. The third-order valence-electron chi connectivity index (χ3n) is 2.36. The summed E-state index contributed by atoms with van der Waals surface area (Å²) in [6.07, 6.45) is 0. The van der Waals surface area contributed by atoms with Gasteiger partial charge < -0.3 is 20.1 Å². The molecule has 0 aliphatic carbocycles. The lowest BCUT2D eigenvalue weighted by Gasteiger charge is -2.13. The molecule has 0 spiro atoms. The lowest BCUT2D eigenvalue weighted by atomic mass is 10.1. The van der Waals surface area contributed by atoms with E-state index in [4.69, 9.17) is 15.2 Å². The van der Waals surface area contributed by atoms with E-state index < -0.39 is 0 Å². The van der Waals surface area contributed by atoms with Gasteiger partial charge >= 0.3 is 0 Å². The van der Waals surface area contributed by atoms with Crippen molar-refractivity contribution < 1.29 is 14.3 Å². The number of nitrogens with two attached hydrogens (primary N) is 1. The molecule has 1 amide bonds. The summed E-state index contributed by atoms with van der Waals surface area (Å²) >= 11 is 0. The minimum atomic E-state index is -0.0790. The van der Waals surface area contributed by atoms with Crippen molar-refractivity contribution in [1.29, 1.82) is 0 Å². The summed E-state index contributed by atoms with van der Waals surface area (Å²) in [4.78, 5) is 13.3. The number of benzene rings is 1. The fourth-order valence-corrected chi connectivity index (χ4v) is 1.41. The first-order chi connectivity index (χ1) is 8.56. The van der Waals surface area contributed by atoms with E-state index in [1.54, 1.807) is 32.3 Å². The number of nitrogen functional groups attached to an aromatic ring is 1. The highest BCUT2D eigenvalue weighted by molar-refractivity contribution is 5.94. The minimum Gasteiger partial charge on any atom is -0.489 e. The van der Waals surface area contributed by atoms with Gasteiger partial charge in [-0.1, -0.05) is 0 Å². The molecule has 0 aliphatic heterocycles.